The van der Waals surface area contributed by atoms with Crippen molar-refractivity contribution in [2.24, 2.45) is 0 Å². The van der Waals surface area contributed by atoms with Gasteiger partial charge in [-0.25, -0.2) is 0 Å². The summed E-state index contributed by atoms with van der Waals surface area (Å²) < 4.78 is 6.42. The normalized spacial score (nSPS) is 18.4. The second-order valence-corrected chi connectivity index (χ2v) is 7.43. The zero-order valence-corrected chi connectivity index (χ0v) is 15.2. The van der Waals surface area contributed by atoms with E-state index in [-0.39, 0.29) is 11.7 Å². The number of fused-ring (bicyclic) bond motifs is 1. The summed E-state index contributed by atoms with van der Waals surface area (Å²) in [5.74, 6) is 0.941. The number of likely N-dealkylation sites (tertiary alicyclic amines) is 1. The van der Waals surface area contributed by atoms with Crippen molar-refractivity contribution in [2.45, 2.75) is 38.7 Å². The molecule has 2 aliphatic rings. The molecule has 0 bridgehead atoms. The van der Waals surface area contributed by atoms with Gasteiger partial charge in [-0.15, -0.1) is 0 Å². The molecule has 2 aromatic carbocycles. The first-order valence-electron chi connectivity index (χ1n) is 9.16. The van der Waals surface area contributed by atoms with Crippen LogP contribution in [0, 0.1) is 13.8 Å². The summed E-state index contributed by atoms with van der Waals surface area (Å²) in [6.07, 6.45) is 1.77. The van der Waals surface area contributed by atoms with Crippen molar-refractivity contribution in [3.63, 3.8) is 0 Å². The highest BCUT2D eigenvalue weighted by atomic mass is 16.5. The minimum absolute atomic E-state index is 0.0509. The number of hydrogen-bond acceptors (Lipinski definition) is 3. The first kappa shape index (κ1) is 16.8. The predicted octanol–water partition coefficient (Wildman–Crippen LogP) is 3.94. The Labute approximate surface area is 153 Å². The van der Waals surface area contributed by atoms with Gasteiger partial charge in [-0.1, -0.05) is 24.3 Å². The molecule has 1 amide bonds. The first-order chi connectivity index (χ1) is 12.5. The summed E-state index contributed by atoms with van der Waals surface area (Å²) in [5, 5.41) is 0. The van der Waals surface area contributed by atoms with Crippen molar-refractivity contribution in [1.29, 1.82) is 0 Å². The SMILES string of the molecule is Cc1ccc2c(c1C)OC1(CCN(C(=O)c3ccccc3)CC1)CC2=O. The van der Waals surface area contributed by atoms with Crippen molar-refractivity contribution in [1.82, 2.24) is 4.90 Å². The summed E-state index contributed by atoms with van der Waals surface area (Å²) in [6, 6.07) is 13.2. The first-order valence-corrected chi connectivity index (χ1v) is 9.16. The molecule has 26 heavy (non-hydrogen) atoms. The lowest BCUT2D eigenvalue weighted by Crippen LogP contribution is -2.52. The maximum Gasteiger partial charge on any atom is 0.253 e. The molecule has 0 unspecified atom stereocenters. The summed E-state index contributed by atoms with van der Waals surface area (Å²) >= 11 is 0. The van der Waals surface area contributed by atoms with E-state index in [9.17, 15) is 9.59 Å². The number of carbonyl (C=O) groups is 2. The molecular formula is C22H23NO3. The molecule has 4 nitrogen and oxygen atoms in total. The van der Waals surface area contributed by atoms with Gasteiger partial charge in [0.15, 0.2) is 5.78 Å². The number of carbonyl (C=O) groups excluding carboxylic acids is 2. The lowest BCUT2D eigenvalue weighted by Gasteiger charge is -2.44. The van der Waals surface area contributed by atoms with E-state index in [0.29, 0.717) is 43.5 Å². The monoisotopic (exact) mass is 349 g/mol. The Morgan fingerprint density at radius 1 is 1.04 bits per heavy atom. The van der Waals surface area contributed by atoms with Crippen LogP contribution in [-0.4, -0.2) is 35.3 Å². The smallest absolute Gasteiger partial charge is 0.253 e. The number of hydrogen-bond donors (Lipinski definition) is 0. The number of amides is 1. The zero-order valence-electron chi connectivity index (χ0n) is 15.2. The van der Waals surface area contributed by atoms with Crippen molar-refractivity contribution in [2.75, 3.05) is 13.1 Å². The molecule has 2 aliphatic heterocycles. The molecule has 2 aromatic rings. The fourth-order valence-electron chi connectivity index (χ4n) is 3.94. The van der Waals surface area contributed by atoms with E-state index in [2.05, 4.69) is 0 Å². The van der Waals surface area contributed by atoms with E-state index in [1.54, 1.807) is 0 Å². The number of aryl methyl sites for hydroxylation is 1. The Balaban J connectivity index is 1.53. The average molecular weight is 349 g/mol. The zero-order chi connectivity index (χ0) is 18.3. The summed E-state index contributed by atoms with van der Waals surface area (Å²) in [5.41, 5.74) is 3.10. The maximum absolute atomic E-state index is 12.7. The van der Waals surface area contributed by atoms with Gasteiger partial charge in [-0.05, 0) is 43.2 Å². The van der Waals surface area contributed by atoms with E-state index < -0.39 is 5.60 Å². The third-order valence-corrected chi connectivity index (χ3v) is 5.76. The molecule has 4 rings (SSSR count). The van der Waals surface area contributed by atoms with E-state index in [1.165, 1.54) is 0 Å². The predicted molar refractivity (Wildman–Crippen MR) is 99.8 cm³/mol. The van der Waals surface area contributed by atoms with Gasteiger partial charge >= 0.3 is 0 Å². The molecule has 0 aliphatic carbocycles. The van der Waals surface area contributed by atoms with Crippen LogP contribution in [-0.2, 0) is 0 Å². The quantitative estimate of drug-likeness (QED) is 0.783. The van der Waals surface area contributed by atoms with Gasteiger partial charge in [0.1, 0.15) is 11.4 Å². The third kappa shape index (κ3) is 2.79. The molecule has 1 saturated heterocycles. The lowest BCUT2D eigenvalue weighted by atomic mass is 9.81. The molecule has 0 radical (unpaired) electrons. The van der Waals surface area contributed by atoms with Crippen LogP contribution in [0.2, 0.25) is 0 Å². The number of rotatable bonds is 1. The van der Waals surface area contributed by atoms with Crippen LogP contribution in [0.5, 0.6) is 5.75 Å². The highest BCUT2D eigenvalue weighted by Crippen LogP contribution is 2.41. The molecule has 0 aromatic heterocycles. The minimum Gasteiger partial charge on any atom is -0.486 e. The molecule has 0 N–H and O–H groups in total. The molecule has 1 spiro atoms. The molecule has 4 heteroatoms. The Morgan fingerprint density at radius 3 is 2.42 bits per heavy atom. The summed E-state index contributed by atoms with van der Waals surface area (Å²) in [6.45, 7) is 5.27. The van der Waals surface area contributed by atoms with Gasteiger partial charge in [0.25, 0.3) is 5.91 Å². The van der Waals surface area contributed by atoms with Crippen LogP contribution >= 0.6 is 0 Å². The molecule has 0 saturated carbocycles. The van der Waals surface area contributed by atoms with E-state index in [4.69, 9.17) is 4.74 Å². The Morgan fingerprint density at radius 2 is 1.73 bits per heavy atom. The molecular weight excluding hydrogens is 326 g/mol. The molecule has 0 atom stereocenters. The molecule has 1 fully saturated rings. The van der Waals surface area contributed by atoms with Crippen molar-refractivity contribution >= 4 is 11.7 Å². The summed E-state index contributed by atoms with van der Waals surface area (Å²) in [4.78, 5) is 27.2. The van der Waals surface area contributed by atoms with Gasteiger partial charge in [-0.2, -0.15) is 0 Å². The van der Waals surface area contributed by atoms with Gasteiger partial charge in [0, 0.05) is 31.5 Å². The Hall–Kier alpha value is -2.62. The van der Waals surface area contributed by atoms with Gasteiger partial charge < -0.3 is 9.64 Å². The van der Waals surface area contributed by atoms with Crippen LogP contribution in [0.4, 0.5) is 0 Å². The molecule has 134 valence electrons. The van der Waals surface area contributed by atoms with Crippen molar-refractivity contribution in [3.8, 4) is 5.75 Å². The Bertz CT molecular complexity index is 864. The number of ether oxygens (including phenoxy) is 1. The van der Waals surface area contributed by atoms with Crippen LogP contribution < -0.4 is 4.74 Å². The van der Waals surface area contributed by atoms with Crippen LogP contribution in [0.25, 0.3) is 0 Å². The van der Waals surface area contributed by atoms with Crippen LogP contribution in [0.3, 0.4) is 0 Å². The highest BCUT2D eigenvalue weighted by molar-refractivity contribution is 6.01. The van der Waals surface area contributed by atoms with Crippen molar-refractivity contribution < 1.29 is 14.3 Å². The fraction of sp³-hybridized carbons (Fsp3) is 0.364. The highest BCUT2D eigenvalue weighted by Gasteiger charge is 2.44. The van der Waals surface area contributed by atoms with Gasteiger partial charge in [0.2, 0.25) is 0 Å². The van der Waals surface area contributed by atoms with Crippen LogP contribution in [0.15, 0.2) is 42.5 Å². The van der Waals surface area contributed by atoms with E-state index >= 15 is 0 Å². The number of Topliss-reactive ketones (excluding diaryl/α,β-unsaturated/α-hetero) is 1. The largest absolute Gasteiger partial charge is 0.486 e. The van der Waals surface area contributed by atoms with E-state index in [1.807, 2.05) is 61.2 Å². The second kappa shape index (κ2) is 6.27. The second-order valence-electron chi connectivity index (χ2n) is 7.43. The van der Waals surface area contributed by atoms with Crippen molar-refractivity contribution in [3.05, 3.63) is 64.7 Å². The average Bonchev–Trinajstić information content (AvgIpc) is 2.66. The number of nitrogens with zero attached hydrogens (tertiary/aromatic N) is 1. The molecule has 2 heterocycles. The van der Waals surface area contributed by atoms with Crippen LogP contribution in [0.1, 0.15) is 51.1 Å². The maximum atomic E-state index is 12.7. The number of ketones is 1. The standard InChI is InChI=1S/C22H23NO3/c1-15-8-9-18-19(24)14-22(26-20(18)16(15)2)10-12-23(13-11-22)21(25)17-6-4-3-5-7-17/h3-9H,10-14H2,1-2H3. The summed E-state index contributed by atoms with van der Waals surface area (Å²) in [7, 11) is 0. The minimum atomic E-state index is -0.476. The Kier molecular flexibility index (Phi) is 4.06. The van der Waals surface area contributed by atoms with Gasteiger partial charge in [0.05, 0.1) is 12.0 Å². The number of piperidine rings is 1. The van der Waals surface area contributed by atoms with E-state index in [0.717, 1.165) is 16.9 Å². The fourth-order valence-corrected chi connectivity index (χ4v) is 3.94. The third-order valence-electron chi connectivity index (χ3n) is 5.76. The lowest BCUT2D eigenvalue weighted by molar-refractivity contribution is -0.00620. The topological polar surface area (TPSA) is 46.6 Å². The number of benzene rings is 2. The van der Waals surface area contributed by atoms with Gasteiger partial charge in [-0.3, -0.25) is 9.59 Å².